The van der Waals surface area contributed by atoms with Crippen LogP contribution in [0.1, 0.15) is 24.1 Å². The number of hydrogen-bond acceptors (Lipinski definition) is 4. The van der Waals surface area contributed by atoms with Gasteiger partial charge in [0.15, 0.2) is 0 Å². The predicted octanol–water partition coefficient (Wildman–Crippen LogP) is 2.38. The molecule has 0 fully saturated rings. The summed E-state index contributed by atoms with van der Waals surface area (Å²) in [4.78, 5) is 19.6. The Hall–Kier alpha value is -2.05. The Balaban J connectivity index is 3.35. The summed E-state index contributed by atoms with van der Waals surface area (Å²) in [5.74, 6) is -0.984. The highest BCUT2D eigenvalue weighted by Crippen LogP contribution is 2.27. The Kier molecular flexibility index (Phi) is 3.17. The van der Waals surface area contributed by atoms with Crippen LogP contribution in [0.25, 0.3) is 0 Å². The van der Waals surface area contributed by atoms with E-state index in [9.17, 15) is 24.6 Å². The first-order valence-electron chi connectivity index (χ1n) is 4.42. The van der Waals surface area contributed by atoms with E-state index in [4.69, 9.17) is 0 Å². The maximum absolute atomic E-state index is 13.1. The van der Waals surface area contributed by atoms with E-state index in [1.807, 2.05) is 0 Å². The number of benzene rings is 1. The highest BCUT2D eigenvalue weighted by atomic mass is 19.1. The van der Waals surface area contributed by atoms with Crippen LogP contribution in [0.3, 0.4) is 0 Å². The second-order valence-corrected chi connectivity index (χ2v) is 3.38. The molecule has 0 aliphatic rings. The molecule has 0 aromatic heterocycles. The van der Waals surface area contributed by atoms with Crippen LogP contribution >= 0.6 is 0 Å². The van der Waals surface area contributed by atoms with E-state index in [1.54, 1.807) is 0 Å². The summed E-state index contributed by atoms with van der Waals surface area (Å²) in [5, 5.41) is 21.0. The number of nitro benzene ring substituents is 1. The molecule has 0 aliphatic heterocycles. The van der Waals surface area contributed by atoms with Gasteiger partial charge < -0.3 is 0 Å². The quantitative estimate of drug-likeness (QED) is 0.587. The molecule has 0 bridgehead atoms. The molecule has 0 N–H and O–H groups in total. The van der Waals surface area contributed by atoms with Gasteiger partial charge in [-0.25, -0.2) is 0 Å². The summed E-state index contributed by atoms with van der Waals surface area (Å²) < 4.78 is 13.1. The molecule has 1 aromatic carbocycles. The van der Waals surface area contributed by atoms with Crippen LogP contribution in [0.15, 0.2) is 12.1 Å². The Morgan fingerprint density at radius 1 is 1.31 bits per heavy atom. The van der Waals surface area contributed by atoms with Crippen molar-refractivity contribution >= 4 is 5.69 Å². The standard InChI is InChI=1S/C9H9FN2O4/c1-5-3-8(10)9(12(15)16)4-7(5)6(2)11(13)14/h3-4,6H,1-2H3/t6-/m0/s1. The summed E-state index contributed by atoms with van der Waals surface area (Å²) in [7, 11) is 0. The highest BCUT2D eigenvalue weighted by molar-refractivity contribution is 5.41. The third kappa shape index (κ3) is 2.13. The van der Waals surface area contributed by atoms with Crippen molar-refractivity contribution in [3.8, 4) is 0 Å². The molecule has 0 saturated heterocycles. The van der Waals surface area contributed by atoms with Gasteiger partial charge in [0.1, 0.15) is 0 Å². The van der Waals surface area contributed by atoms with Crippen LogP contribution < -0.4 is 0 Å². The van der Waals surface area contributed by atoms with Crippen LogP contribution in [-0.2, 0) is 0 Å². The zero-order valence-electron chi connectivity index (χ0n) is 8.64. The van der Waals surface area contributed by atoms with Crippen LogP contribution in [0.4, 0.5) is 10.1 Å². The third-order valence-electron chi connectivity index (χ3n) is 2.30. The van der Waals surface area contributed by atoms with Gasteiger partial charge >= 0.3 is 5.69 Å². The van der Waals surface area contributed by atoms with Gasteiger partial charge in [-0.2, -0.15) is 4.39 Å². The fourth-order valence-electron chi connectivity index (χ4n) is 1.38. The van der Waals surface area contributed by atoms with Crippen LogP contribution in [0.5, 0.6) is 0 Å². The number of aryl methyl sites for hydroxylation is 1. The van der Waals surface area contributed by atoms with E-state index >= 15 is 0 Å². The van der Waals surface area contributed by atoms with E-state index in [0.29, 0.717) is 5.56 Å². The van der Waals surface area contributed by atoms with E-state index in [0.717, 1.165) is 12.1 Å². The third-order valence-corrected chi connectivity index (χ3v) is 2.30. The van der Waals surface area contributed by atoms with E-state index in [1.165, 1.54) is 13.8 Å². The molecule has 6 nitrogen and oxygen atoms in total. The van der Waals surface area contributed by atoms with Crippen LogP contribution in [0.2, 0.25) is 0 Å². The first-order valence-corrected chi connectivity index (χ1v) is 4.42. The Morgan fingerprint density at radius 2 is 1.88 bits per heavy atom. The molecular weight excluding hydrogens is 219 g/mol. The summed E-state index contributed by atoms with van der Waals surface area (Å²) in [6, 6.07) is 0.755. The molecule has 0 aliphatic carbocycles. The molecule has 1 aromatic rings. The van der Waals surface area contributed by atoms with Crippen molar-refractivity contribution in [3.63, 3.8) is 0 Å². The lowest BCUT2D eigenvalue weighted by Crippen LogP contribution is -2.09. The van der Waals surface area contributed by atoms with E-state index in [2.05, 4.69) is 0 Å². The zero-order valence-corrected chi connectivity index (χ0v) is 8.64. The molecule has 0 saturated carbocycles. The van der Waals surface area contributed by atoms with E-state index in [-0.39, 0.29) is 5.56 Å². The topological polar surface area (TPSA) is 86.3 Å². The van der Waals surface area contributed by atoms with Crippen molar-refractivity contribution < 1.29 is 14.2 Å². The molecule has 0 amide bonds. The van der Waals surface area contributed by atoms with Crippen molar-refractivity contribution in [2.24, 2.45) is 0 Å². The predicted molar refractivity (Wildman–Crippen MR) is 53.2 cm³/mol. The maximum atomic E-state index is 13.1. The molecule has 0 radical (unpaired) electrons. The summed E-state index contributed by atoms with van der Waals surface area (Å²) in [6.45, 7) is 2.77. The Morgan fingerprint density at radius 3 is 2.31 bits per heavy atom. The second kappa shape index (κ2) is 4.21. The zero-order chi connectivity index (χ0) is 12.5. The smallest absolute Gasteiger partial charge is 0.264 e. The minimum absolute atomic E-state index is 0.151. The summed E-state index contributed by atoms with van der Waals surface area (Å²) in [5.41, 5.74) is -0.264. The number of nitro groups is 2. The first-order chi connectivity index (χ1) is 7.34. The number of rotatable bonds is 3. The molecule has 0 heterocycles. The van der Waals surface area contributed by atoms with Gasteiger partial charge in [-0.1, -0.05) is 0 Å². The molecule has 0 spiro atoms. The van der Waals surface area contributed by atoms with Gasteiger partial charge in [0.05, 0.1) is 4.92 Å². The van der Waals surface area contributed by atoms with Gasteiger partial charge in [-0.05, 0) is 18.6 Å². The molecule has 1 rings (SSSR count). The fourth-order valence-corrected chi connectivity index (χ4v) is 1.38. The summed E-state index contributed by atoms with van der Waals surface area (Å²) in [6.07, 6.45) is 0. The largest absolute Gasteiger partial charge is 0.305 e. The van der Waals surface area contributed by atoms with Crippen LogP contribution in [-0.4, -0.2) is 9.85 Å². The van der Waals surface area contributed by atoms with Crippen molar-refractivity contribution in [3.05, 3.63) is 49.3 Å². The molecule has 7 heteroatoms. The van der Waals surface area contributed by atoms with Gasteiger partial charge in [0.25, 0.3) is 0 Å². The van der Waals surface area contributed by atoms with Gasteiger partial charge in [0.2, 0.25) is 11.9 Å². The Bertz CT molecular complexity index is 461. The maximum Gasteiger partial charge on any atom is 0.305 e. The SMILES string of the molecule is Cc1cc(F)c([N+](=O)[O-])cc1[C@H](C)[N+](=O)[O-]. The van der Waals surface area contributed by atoms with Crippen molar-refractivity contribution in [1.82, 2.24) is 0 Å². The second-order valence-electron chi connectivity index (χ2n) is 3.38. The number of nitrogens with zero attached hydrogens (tertiary/aromatic N) is 2. The first kappa shape index (κ1) is 12.0. The van der Waals surface area contributed by atoms with Gasteiger partial charge in [0, 0.05) is 23.5 Å². The minimum atomic E-state index is -1.10. The summed E-state index contributed by atoms with van der Waals surface area (Å²) >= 11 is 0. The lowest BCUT2D eigenvalue weighted by molar-refractivity contribution is -0.524. The molecule has 16 heavy (non-hydrogen) atoms. The molecule has 1 atom stereocenters. The van der Waals surface area contributed by atoms with Crippen molar-refractivity contribution in [2.75, 3.05) is 0 Å². The van der Waals surface area contributed by atoms with Crippen LogP contribution in [0, 0.1) is 33.0 Å². The highest BCUT2D eigenvalue weighted by Gasteiger charge is 2.24. The minimum Gasteiger partial charge on any atom is -0.264 e. The average molecular weight is 228 g/mol. The fraction of sp³-hybridized carbons (Fsp3) is 0.333. The van der Waals surface area contributed by atoms with Crippen molar-refractivity contribution in [1.29, 1.82) is 0 Å². The molecule has 86 valence electrons. The molecular formula is C9H9FN2O4. The lowest BCUT2D eigenvalue weighted by Gasteiger charge is -2.07. The van der Waals surface area contributed by atoms with Gasteiger partial charge in [-0.15, -0.1) is 0 Å². The monoisotopic (exact) mass is 228 g/mol. The average Bonchev–Trinajstić information content (AvgIpc) is 2.16. The van der Waals surface area contributed by atoms with E-state index < -0.39 is 27.4 Å². The number of hydrogen-bond donors (Lipinski definition) is 0. The number of halogens is 1. The van der Waals surface area contributed by atoms with Gasteiger partial charge in [-0.3, -0.25) is 20.2 Å². The normalized spacial score (nSPS) is 12.2. The lowest BCUT2D eigenvalue weighted by atomic mass is 10.0. The Labute approximate surface area is 90.0 Å². The molecule has 0 unspecified atom stereocenters. The van der Waals surface area contributed by atoms with Crippen molar-refractivity contribution in [2.45, 2.75) is 19.9 Å².